The third kappa shape index (κ3) is 3.38. The van der Waals surface area contributed by atoms with E-state index in [2.05, 4.69) is 4.74 Å². The second-order valence-electron chi connectivity index (χ2n) is 5.78. The minimum atomic E-state index is -4.78. The number of benzene rings is 1. The first-order valence-corrected chi connectivity index (χ1v) is 7.42. The van der Waals surface area contributed by atoms with E-state index in [0.717, 1.165) is 12.1 Å². The average molecular weight is 353 g/mol. The molecule has 0 radical (unpaired) electrons. The molecule has 1 aromatic heterocycles. The maximum atomic E-state index is 12.6. The van der Waals surface area contributed by atoms with Crippen molar-refractivity contribution >= 4 is 5.97 Å². The van der Waals surface area contributed by atoms with Crippen LogP contribution in [0.4, 0.5) is 13.2 Å². The number of carbonyl (C=O) groups is 1. The monoisotopic (exact) mass is 353 g/mol. The summed E-state index contributed by atoms with van der Waals surface area (Å²) in [6.45, 7) is 1.71. The number of carbonyl (C=O) groups excluding carboxylic acids is 1. The molecular formula is C17H14F3NO4. The van der Waals surface area contributed by atoms with Gasteiger partial charge in [0.1, 0.15) is 11.5 Å². The molecule has 0 unspecified atom stereocenters. The van der Waals surface area contributed by atoms with Crippen molar-refractivity contribution < 1.29 is 27.4 Å². The molecule has 132 valence electrons. The highest BCUT2D eigenvalue weighted by Gasteiger charge is 2.33. The molecule has 0 bridgehead atoms. The lowest BCUT2D eigenvalue weighted by atomic mass is 9.87. The van der Waals surface area contributed by atoms with E-state index >= 15 is 0 Å². The quantitative estimate of drug-likeness (QED) is 0.779. The fraction of sp³-hybridized carbons (Fsp3) is 0.294. The maximum absolute atomic E-state index is 12.6. The molecule has 1 aliphatic heterocycles. The molecule has 25 heavy (non-hydrogen) atoms. The van der Waals surface area contributed by atoms with E-state index in [9.17, 15) is 22.8 Å². The van der Waals surface area contributed by atoms with Crippen LogP contribution in [-0.2, 0) is 11.8 Å². The van der Waals surface area contributed by atoms with Crippen molar-refractivity contribution in [3.05, 3.63) is 57.5 Å². The molecule has 0 spiro atoms. The van der Waals surface area contributed by atoms with E-state index in [1.54, 1.807) is 20.0 Å². The Morgan fingerprint density at radius 3 is 2.44 bits per heavy atom. The van der Waals surface area contributed by atoms with E-state index in [0.29, 0.717) is 16.8 Å². The third-order valence-electron chi connectivity index (χ3n) is 4.13. The lowest BCUT2D eigenvalue weighted by Crippen LogP contribution is -2.31. The molecule has 0 N–H and O–H groups in total. The van der Waals surface area contributed by atoms with Crippen LogP contribution in [0, 0.1) is 6.92 Å². The van der Waals surface area contributed by atoms with Crippen molar-refractivity contribution in [2.24, 2.45) is 7.05 Å². The largest absolute Gasteiger partial charge is 0.573 e. The van der Waals surface area contributed by atoms with Crippen LogP contribution >= 0.6 is 0 Å². The number of fused-ring (bicyclic) bond motifs is 1. The number of esters is 1. The number of halogens is 3. The standard InChI is InChI=1S/C17H14F3NO4/c1-9-7-13-15(16(23)21(9)2)12(8-14(22)24-13)10-3-5-11(6-4-10)25-17(18,19)20/h3-7,12H,8H2,1-2H3/t12-/m0/s1. The maximum Gasteiger partial charge on any atom is 0.573 e. The molecule has 1 atom stereocenters. The normalized spacial score (nSPS) is 17.0. The van der Waals surface area contributed by atoms with Crippen molar-refractivity contribution in [3.8, 4) is 11.5 Å². The van der Waals surface area contributed by atoms with Crippen LogP contribution in [0.25, 0.3) is 0 Å². The van der Waals surface area contributed by atoms with Gasteiger partial charge < -0.3 is 14.0 Å². The van der Waals surface area contributed by atoms with Gasteiger partial charge in [-0.05, 0) is 24.6 Å². The van der Waals surface area contributed by atoms with Gasteiger partial charge in [0.15, 0.2) is 0 Å². The van der Waals surface area contributed by atoms with E-state index in [1.165, 1.54) is 16.7 Å². The summed E-state index contributed by atoms with van der Waals surface area (Å²) in [6.07, 6.45) is -4.85. The zero-order chi connectivity index (χ0) is 18.4. The molecule has 0 amide bonds. The fourth-order valence-electron chi connectivity index (χ4n) is 2.84. The highest BCUT2D eigenvalue weighted by Crippen LogP contribution is 2.37. The molecule has 0 saturated carbocycles. The van der Waals surface area contributed by atoms with E-state index < -0.39 is 18.2 Å². The summed E-state index contributed by atoms with van der Waals surface area (Å²) in [5, 5.41) is 0. The number of nitrogens with zero attached hydrogens (tertiary/aromatic N) is 1. The summed E-state index contributed by atoms with van der Waals surface area (Å²) in [7, 11) is 1.60. The van der Waals surface area contributed by atoms with Crippen LogP contribution in [0.5, 0.6) is 11.5 Å². The van der Waals surface area contributed by atoms with Gasteiger partial charge in [-0.3, -0.25) is 9.59 Å². The predicted octanol–water partition coefficient (Wildman–Crippen LogP) is 3.03. The number of alkyl halides is 3. The zero-order valence-corrected chi connectivity index (χ0v) is 13.4. The van der Waals surface area contributed by atoms with Gasteiger partial charge in [0.05, 0.1) is 12.0 Å². The lowest BCUT2D eigenvalue weighted by molar-refractivity contribution is -0.274. The molecule has 0 fully saturated rings. The number of rotatable bonds is 2. The van der Waals surface area contributed by atoms with E-state index in [4.69, 9.17) is 4.74 Å². The Hall–Kier alpha value is -2.77. The van der Waals surface area contributed by atoms with Crippen molar-refractivity contribution in [1.82, 2.24) is 4.57 Å². The summed E-state index contributed by atoms with van der Waals surface area (Å²) in [5.41, 5.74) is 1.18. The van der Waals surface area contributed by atoms with Gasteiger partial charge in [-0.25, -0.2) is 0 Å². The van der Waals surface area contributed by atoms with Crippen LogP contribution < -0.4 is 15.0 Å². The lowest BCUT2D eigenvalue weighted by Gasteiger charge is -2.25. The number of ether oxygens (including phenoxy) is 2. The van der Waals surface area contributed by atoms with Crippen molar-refractivity contribution in [2.75, 3.05) is 0 Å². The molecule has 1 aromatic carbocycles. The van der Waals surface area contributed by atoms with Gasteiger partial charge >= 0.3 is 12.3 Å². The van der Waals surface area contributed by atoms with Gasteiger partial charge in [0, 0.05) is 24.7 Å². The molecular weight excluding hydrogens is 339 g/mol. The van der Waals surface area contributed by atoms with Gasteiger partial charge in [-0.15, -0.1) is 13.2 Å². The molecule has 0 aliphatic carbocycles. The molecule has 2 heterocycles. The van der Waals surface area contributed by atoms with Crippen molar-refractivity contribution in [1.29, 1.82) is 0 Å². The Bertz CT molecular complexity index is 884. The van der Waals surface area contributed by atoms with Crippen LogP contribution in [0.1, 0.15) is 29.2 Å². The minimum absolute atomic E-state index is 0.0647. The summed E-state index contributed by atoms with van der Waals surface area (Å²) >= 11 is 0. The number of pyridine rings is 1. The van der Waals surface area contributed by atoms with E-state index in [-0.39, 0.29) is 23.5 Å². The van der Waals surface area contributed by atoms with Crippen LogP contribution in [0.3, 0.4) is 0 Å². The predicted molar refractivity (Wildman–Crippen MR) is 81.6 cm³/mol. The molecule has 3 rings (SSSR count). The van der Waals surface area contributed by atoms with E-state index in [1.807, 2.05) is 0 Å². The number of hydrogen-bond acceptors (Lipinski definition) is 4. The Morgan fingerprint density at radius 1 is 1.20 bits per heavy atom. The Labute approximate surface area is 140 Å². The van der Waals surface area contributed by atoms with Gasteiger partial charge in [0.25, 0.3) is 5.56 Å². The topological polar surface area (TPSA) is 57.5 Å². The van der Waals surface area contributed by atoms with Crippen LogP contribution in [-0.4, -0.2) is 16.9 Å². The Balaban J connectivity index is 2.03. The average Bonchev–Trinajstić information content (AvgIpc) is 2.51. The number of aryl methyl sites for hydroxylation is 1. The molecule has 0 saturated heterocycles. The second-order valence-corrected chi connectivity index (χ2v) is 5.78. The number of hydrogen-bond donors (Lipinski definition) is 0. The Morgan fingerprint density at radius 2 is 1.84 bits per heavy atom. The van der Waals surface area contributed by atoms with Crippen molar-refractivity contribution in [2.45, 2.75) is 25.6 Å². The van der Waals surface area contributed by atoms with Crippen LogP contribution in [0.15, 0.2) is 35.1 Å². The van der Waals surface area contributed by atoms with Gasteiger partial charge in [-0.2, -0.15) is 0 Å². The summed E-state index contributed by atoms with van der Waals surface area (Å²) in [6, 6.07) is 6.73. The highest BCUT2D eigenvalue weighted by atomic mass is 19.4. The zero-order valence-electron chi connectivity index (χ0n) is 13.4. The highest BCUT2D eigenvalue weighted by molar-refractivity contribution is 5.77. The summed E-state index contributed by atoms with van der Waals surface area (Å²) in [5.74, 6) is -1.26. The summed E-state index contributed by atoms with van der Waals surface area (Å²) in [4.78, 5) is 24.4. The van der Waals surface area contributed by atoms with Crippen LogP contribution in [0.2, 0.25) is 0 Å². The fourth-order valence-corrected chi connectivity index (χ4v) is 2.84. The molecule has 1 aliphatic rings. The Kier molecular flexibility index (Phi) is 4.06. The van der Waals surface area contributed by atoms with Gasteiger partial charge in [0.2, 0.25) is 0 Å². The number of aromatic nitrogens is 1. The smallest absolute Gasteiger partial charge is 0.426 e. The SMILES string of the molecule is Cc1cc2c(c(=O)n1C)[C@H](c1ccc(OC(F)(F)F)cc1)CC(=O)O2. The van der Waals surface area contributed by atoms with Crippen molar-refractivity contribution in [3.63, 3.8) is 0 Å². The molecule has 8 heteroatoms. The first-order valence-electron chi connectivity index (χ1n) is 7.42. The molecule has 5 nitrogen and oxygen atoms in total. The third-order valence-corrected chi connectivity index (χ3v) is 4.13. The second kappa shape index (κ2) is 5.94. The summed E-state index contributed by atoms with van der Waals surface area (Å²) < 4.78 is 47.2. The first-order chi connectivity index (χ1) is 11.7. The van der Waals surface area contributed by atoms with Gasteiger partial charge in [-0.1, -0.05) is 12.1 Å². The minimum Gasteiger partial charge on any atom is -0.426 e. The molecule has 2 aromatic rings. The first kappa shape index (κ1) is 17.1.